The van der Waals surface area contributed by atoms with Gasteiger partial charge in [0.1, 0.15) is 0 Å². The number of benzene rings is 1. The lowest BCUT2D eigenvalue weighted by Gasteiger charge is -2.23. The molecule has 0 atom stereocenters. The zero-order chi connectivity index (χ0) is 13.3. The fourth-order valence-electron chi connectivity index (χ4n) is 2.48. The molecule has 1 aromatic rings. The lowest BCUT2D eigenvalue weighted by molar-refractivity contribution is 0.582. The summed E-state index contributed by atoms with van der Waals surface area (Å²) in [6, 6.07) is 11.6. The van der Waals surface area contributed by atoms with Crippen LogP contribution >= 0.6 is 0 Å². The molecule has 1 fully saturated rings. The van der Waals surface area contributed by atoms with Crippen molar-refractivity contribution < 1.29 is 0 Å². The van der Waals surface area contributed by atoms with Crippen molar-refractivity contribution in [3.8, 4) is 0 Å². The zero-order valence-electron chi connectivity index (χ0n) is 12.3. The number of hydrogen-bond acceptors (Lipinski definition) is 2. The van der Waals surface area contributed by atoms with Crippen molar-refractivity contribution in [2.45, 2.75) is 51.5 Å². The molecule has 0 radical (unpaired) electrons. The largest absolute Gasteiger partial charge is 0.372 e. The third-order valence-corrected chi connectivity index (χ3v) is 3.87. The standard InChI is InChI=1S/C17H28N2/c1-2-19(17-10-6-5-7-11-17)15-9-4-3-8-14-18-16-12-13-16/h5-7,10-11,16,18H,2-4,8-9,12-15H2,1H3. The maximum absolute atomic E-state index is 3.58. The van der Waals surface area contributed by atoms with Crippen LogP contribution in [0.15, 0.2) is 30.3 Å². The molecule has 19 heavy (non-hydrogen) atoms. The van der Waals surface area contributed by atoms with Gasteiger partial charge in [-0.2, -0.15) is 0 Å². The van der Waals surface area contributed by atoms with Crippen molar-refractivity contribution in [2.75, 3.05) is 24.5 Å². The van der Waals surface area contributed by atoms with Crippen LogP contribution in [0.3, 0.4) is 0 Å². The molecule has 0 heterocycles. The van der Waals surface area contributed by atoms with Crippen LogP contribution in [-0.2, 0) is 0 Å². The fourth-order valence-corrected chi connectivity index (χ4v) is 2.48. The summed E-state index contributed by atoms with van der Waals surface area (Å²) in [5.41, 5.74) is 1.36. The van der Waals surface area contributed by atoms with Gasteiger partial charge in [0.25, 0.3) is 0 Å². The van der Waals surface area contributed by atoms with Gasteiger partial charge < -0.3 is 10.2 Å². The lowest BCUT2D eigenvalue weighted by atomic mass is 10.1. The zero-order valence-corrected chi connectivity index (χ0v) is 12.3. The van der Waals surface area contributed by atoms with E-state index in [9.17, 15) is 0 Å². The number of para-hydroxylation sites is 1. The molecular weight excluding hydrogens is 232 g/mol. The Morgan fingerprint density at radius 1 is 1.05 bits per heavy atom. The maximum Gasteiger partial charge on any atom is 0.0366 e. The highest BCUT2D eigenvalue weighted by atomic mass is 15.1. The van der Waals surface area contributed by atoms with E-state index in [-0.39, 0.29) is 0 Å². The fraction of sp³-hybridized carbons (Fsp3) is 0.647. The first-order chi connectivity index (χ1) is 9.40. The van der Waals surface area contributed by atoms with Crippen molar-refractivity contribution in [3.05, 3.63) is 30.3 Å². The second-order valence-electron chi connectivity index (χ2n) is 5.56. The maximum atomic E-state index is 3.58. The van der Waals surface area contributed by atoms with E-state index in [1.54, 1.807) is 0 Å². The first kappa shape index (κ1) is 14.4. The minimum absolute atomic E-state index is 0.869. The monoisotopic (exact) mass is 260 g/mol. The van der Waals surface area contributed by atoms with Crippen LogP contribution in [0, 0.1) is 0 Å². The molecule has 2 rings (SSSR count). The van der Waals surface area contributed by atoms with E-state index in [4.69, 9.17) is 0 Å². The van der Waals surface area contributed by atoms with Gasteiger partial charge in [0.15, 0.2) is 0 Å². The molecule has 0 saturated heterocycles. The first-order valence-corrected chi connectivity index (χ1v) is 7.93. The molecule has 0 aromatic heterocycles. The number of anilines is 1. The summed E-state index contributed by atoms with van der Waals surface area (Å²) in [6.07, 6.45) is 8.19. The van der Waals surface area contributed by atoms with Crippen LogP contribution in [0.25, 0.3) is 0 Å². The number of nitrogens with zero attached hydrogens (tertiary/aromatic N) is 1. The van der Waals surface area contributed by atoms with Crippen LogP contribution in [-0.4, -0.2) is 25.7 Å². The van der Waals surface area contributed by atoms with E-state index in [1.165, 1.54) is 57.3 Å². The quantitative estimate of drug-likeness (QED) is 0.643. The molecule has 1 N–H and O–H groups in total. The molecule has 1 aliphatic rings. The van der Waals surface area contributed by atoms with E-state index in [2.05, 4.69) is 47.5 Å². The lowest BCUT2D eigenvalue weighted by Crippen LogP contribution is -2.23. The minimum atomic E-state index is 0.869. The molecule has 106 valence electrons. The van der Waals surface area contributed by atoms with Gasteiger partial charge in [0.05, 0.1) is 0 Å². The SMILES string of the molecule is CCN(CCCCCCNC1CC1)c1ccccc1. The second kappa shape index (κ2) is 8.21. The van der Waals surface area contributed by atoms with Crippen molar-refractivity contribution in [2.24, 2.45) is 0 Å². The van der Waals surface area contributed by atoms with Crippen LogP contribution in [0.4, 0.5) is 5.69 Å². The summed E-state index contributed by atoms with van der Waals surface area (Å²) in [5, 5.41) is 3.58. The molecule has 1 aliphatic carbocycles. The summed E-state index contributed by atoms with van der Waals surface area (Å²) in [5.74, 6) is 0. The molecule has 1 aromatic carbocycles. The van der Waals surface area contributed by atoms with Gasteiger partial charge in [-0.1, -0.05) is 31.0 Å². The summed E-state index contributed by atoms with van der Waals surface area (Å²) in [4.78, 5) is 2.47. The van der Waals surface area contributed by atoms with Gasteiger partial charge in [-0.25, -0.2) is 0 Å². The second-order valence-corrected chi connectivity index (χ2v) is 5.56. The predicted octanol–water partition coefficient (Wildman–Crippen LogP) is 3.83. The summed E-state index contributed by atoms with van der Waals surface area (Å²) < 4.78 is 0. The van der Waals surface area contributed by atoms with Gasteiger partial charge in [0, 0.05) is 24.8 Å². The molecule has 0 bridgehead atoms. The average molecular weight is 260 g/mol. The molecule has 0 spiro atoms. The molecule has 2 nitrogen and oxygen atoms in total. The number of rotatable bonds is 10. The Morgan fingerprint density at radius 2 is 1.79 bits per heavy atom. The number of unbranched alkanes of at least 4 members (excludes halogenated alkanes) is 3. The normalized spacial score (nSPS) is 14.6. The van der Waals surface area contributed by atoms with Crippen LogP contribution in [0.1, 0.15) is 45.4 Å². The molecule has 0 aliphatic heterocycles. The highest BCUT2D eigenvalue weighted by Crippen LogP contribution is 2.18. The Bertz CT molecular complexity index is 332. The minimum Gasteiger partial charge on any atom is -0.372 e. The Morgan fingerprint density at radius 3 is 2.47 bits per heavy atom. The summed E-state index contributed by atoms with van der Waals surface area (Å²) in [6.45, 7) is 5.76. The Kier molecular flexibility index (Phi) is 6.22. The van der Waals surface area contributed by atoms with Crippen molar-refractivity contribution in [1.29, 1.82) is 0 Å². The van der Waals surface area contributed by atoms with E-state index >= 15 is 0 Å². The van der Waals surface area contributed by atoms with Crippen LogP contribution in [0.5, 0.6) is 0 Å². The predicted molar refractivity (Wildman–Crippen MR) is 83.8 cm³/mol. The molecule has 2 heteroatoms. The van der Waals surface area contributed by atoms with Gasteiger partial charge in [-0.3, -0.25) is 0 Å². The Labute approximate surface area is 118 Å². The highest BCUT2D eigenvalue weighted by molar-refractivity contribution is 5.45. The summed E-state index contributed by atoms with van der Waals surface area (Å²) >= 11 is 0. The molecule has 0 amide bonds. The number of nitrogens with one attached hydrogen (secondary N) is 1. The summed E-state index contributed by atoms with van der Waals surface area (Å²) in [7, 11) is 0. The van der Waals surface area contributed by atoms with E-state index in [1.807, 2.05) is 0 Å². The van der Waals surface area contributed by atoms with E-state index in [0.717, 1.165) is 12.6 Å². The van der Waals surface area contributed by atoms with E-state index < -0.39 is 0 Å². The molecule has 0 unspecified atom stereocenters. The first-order valence-electron chi connectivity index (χ1n) is 7.93. The van der Waals surface area contributed by atoms with Gasteiger partial charge in [-0.15, -0.1) is 0 Å². The number of hydrogen-bond donors (Lipinski definition) is 1. The van der Waals surface area contributed by atoms with Crippen molar-refractivity contribution in [1.82, 2.24) is 5.32 Å². The highest BCUT2D eigenvalue weighted by Gasteiger charge is 2.19. The molecule has 1 saturated carbocycles. The molecular formula is C17H28N2. The van der Waals surface area contributed by atoms with Gasteiger partial charge >= 0.3 is 0 Å². The Balaban J connectivity index is 1.53. The van der Waals surface area contributed by atoms with E-state index in [0.29, 0.717) is 0 Å². The third-order valence-electron chi connectivity index (χ3n) is 3.87. The van der Waals surface area contributed by atoms with Crippen molar-refractivity contribution >= 4 is 5.69 Å². The smallest absolute Gasteiger partial charge is 0.0366 e. The van der Waals surface area contributed by atoms with Gasteiger partial charge in [-0.05, 0) is 51.3 Å². The van der Waals surface area contributed by atoms with Crippen molar-refractivity contribution in [3.63, 3.8) is 0 Å². The van der Waals surface area contributed by atoms with Crippen LogP contribution < -0.4 is 10.2 Å². The van der Waals surface area contributed by atoms with Gasteiger partial charge in [0.2, 0.25) is 0 Å². The topological polar surface area (TPSA) is 15.3 Å². The average Bonchev–Trinajstić information content (AvgIpc) is 3.27. The van der Waals surface area contributed by atoms with Crippen LogP contribution in [0.2, 0.25) is 0 Å². The Hall–Kier alpha value is -1.02. The third kappa shape index (κ3) is 5.65.